The van der Waals surface area contributed by atoms with Gasteiger partial charge in [0.05, 0.1) is 16.6 Å². The minimum atomic E-state index is -0.0290. The maximum Gasteiger partial charge on any atom is 0.192 e. The Morgan fingerprint density at radius 3 is 2.85 bits per heavy atom. The molecular weight excluding hydrogens is 252 g/mol. The molecule has 5 heteroatoms. The molecule has 0 fully saturated rings. The Morgan fingerprint density at radius 1 is 1.35 bits per heavy atom. The van der Waals surface area contributed by atoms with Crippen molar-refractivity contribution >= 4 is 11.0 Å². The fourth-order valence-corrected chi connectivity index (χ4v) is 2.36. The van der Waals surface area contributed by atoms with Gasteiger partial charge in [0.2, 0.25) is 0 Å². The smallest absolute Gasteiger partial charge is 0.192 e. The van der Waals surface area contributed by atoms with Gasteiger partial charge in [-0.05, 0) is 24.6 Å². The van der Waals surface area contributed by atoms with Crippen molar-refractivity contribution in [2.45, 2.75) is 13.5 Å². The van der Waals surface area contributed by atoms with Crippen LogP contribution < -0.4 is 11.2 Å². The third-order valence-electron chi connectivity index (χ3n) is 3.48. The highest BCUT2D eigenvalue weighted by Crippen LogP contribution is 2.22. The van der Waals surface area contributed by atoms with E-state index in [4.69, 9.17) is 5.73 Å². The summed E-state index contributed by atoms with van der Waals surface area (Å²) in [7, 11) is 1.91. The largest absolute Gasteiger partial charge is 0.364 e. The number of rotatable bonds is 2. The van der Waals surface area contributed by atoms with Gasteiger partial charge in [-0.1, -0.05) is 6.07 Å². The fourth-order valence-electron chi connectivity index (χ4n) is 2.36. The molecule has 0 aliphatic carbocycles. The van der Waals surface area contributed by atoms with Crippen LogP contribution in [0.4, 0.5) is 0 Å². The second-order valence-electron chi connectivity index (χ2n) is 4.92. The predicted molar refractivity (Wildman–Crippen MR) is 79.4 cm³/mol. The summed E-state index contributed by atoms with van der Waals surface area (Å²) in [6.45, 7) is 2.33. The van der Waals surface area contributed by atoms with Crippen LogP contribution in [0.25, 0.3) is 22.4 Å². The van der Waals surface area contributed by atoms with Crippen molar-refractivity contribution in [3.63, 3.8) is 0 Å². The van der Waals surface area contributed by atoms with Crippen molar-refractivity contribution < 1.29 is 0 Å². The van der Waals surface area contributed by atoms with Gasteiger partial charge >= 0.3 is 0 Å². The average molecular weight is 268 g/mol. The predicted octanol–water partition coefficient (Wildman–Crippen LogP) is 1.70. The Labute approximate surface area is 116 Å². The van der Waals surface area contributed by atoms with Gasteiger partial charge in [0, 0.05) is 31.5 Å². The maximum atomic E-state index is 12.1. The van der Waals surface area contributed by atoms with Crippen molar-refractivity contribution in [2.75, 3.05) is 0 Å². The summed E-state index contributed by atoms with van der Waals surface area (Å²) in [6, 6.07) is 7.50. The van der Waals surface area contributed by atoms with Crippen LogP contribution in [0.15, 0.2) is 35.3 Å². The van der Waals surface area contributed by atoms with Gasteiger partial charge in [0.15, 0.2) is 5.43 Å². The number of hydrogen-bond acceptors (Lipinski definition) is 3. The lowest BCUT2D eigenvalue weighted by atomic mass is 10.2. The van der Waals surface area contributed by atoms with Gasteiger partial charge in [-0.3, -0.25) is 4.79 Å². The van der Waals surface area contributed by atoms with Crippen LogP contribution in [0.3, 0.4) is 0 Å². The molecule has 0 bridgehead atoms. The molecule has 5 nitrogen and oxygen atoms in total. The number of nitrogens with one attached hydrogen (secondary N) is 1. The van der Waals surface area contributed by atoms with Crippen LogP contribution in [-0.2, 0) is 13.6 Å². The number of benzene rings is 1. The Hall–Kier alpha value is -2.40. The van der Waals surface area contributed by atoms with Crippen LogP contribution in [0.2, 0.25) is 0 Å². The summed E-state index contributed by atoms with van der Waals surface area (Å²) in [5.41, 5.74) is 9.89. The molecule has 3 rings (SSSR count). The van der Waals surface area contributed by atoms with Crippen LogP contribution in [0.1, 0.15) is 11.3 Å². The molecular formula is C15H16N4O. The summed E-state index contributed by atoms with van der Waals surface area (Å²) < 4.78 is 1.93. The first-order valence-corrected chi connectivity index (χ1v) is 6.45. The Balaban J connectivity index is 2.26. The van der Waals surface area contributed by atoms with Crippen LogP contribution in [0.5, 0.6) is 0 Å². The molecule has 2 aromatic heterocycles. The fraction of sp³-hybridized carbons (Fsp3) is 0.200. The normalized spacial score (nSPS) is 11.2. The molecule has 0 spiro atoms. The number of nitrogens with two attached hydrogens (primary N) is 1. The van der Waals surface area contributed by atoms with Crippen molar-refractivity contribution in [3.05, 3.63) is 51.9 Å². The molecule has 102 valence electrons. The number of aryl methyl sites for hydroxylation is 2. The SMILES string of the molecule is Cc1cc(=O)c(-c2nc3cc(CN)ccc3n2C)c[nH]1. The molecule has 0 amide bonds. The number of imidazole rings is 1. The van der Waals surface area contributed by atoms with E-state index in [9.17, 15) is 4.79 Å². The number of aromatic amines is 1. The zero-order valence-corrected chi connectivity index (χ0v) is 11.5. The number of fused-ring (bicyclic) bond motifs is 1. The summed E-state index contributed by atoms with van der Waals surface area (Å²) in [4.78, 5) is 19.7. The molecule has 20 heavy (non-hydrogen) atoms. The van der Waals surface area contributed by atoms with Crippen molar-refractivity contribution in [3.8, 4) is 11.4 Å². The Kier molecular flexibility index (Phi) is 2.91. The molecule has 3 N–H and O–H groups in total. The summed E-state index contributed by atoms with van der Waals surface area (Å²) >= 11 is 0. The maximum absolute atomic E-state index is 12.1. The van der Waals surface area contributed by atoms with E-state index in [0.717, 1.165) is 22.3 Å². The molecule has 0 atom stereocenters. The second kappa shape index (κ2) is 4.61. The molecule has 0 unspecified atom stereocenters. The van der Waals surface area contributed by atoms with Crippen LogP contribution in [-0.4, -0.2) is 14.5 Å². The summed E-state index contributed by atoms with van der Waals surface area (Å²) in [5, 5.41) is 0. The molecule has 3 aromatic rings. The van der Waals surface area contributed by atoms with E-state index < -0.39 is 0 Å². The lowest BCUT2D eigenvalue weighted by Gasteiger charge is -2.02. The molecule has 0 radical (unpaired) electrons. The molecule has 0 aliphatic heterocycles. The average Bonchev–Trinajstić information content (AvgIpc) is 2.75. The van der Waals surface area contributed by atoms with Crippen molar-refractivity contribution in [1.29, 1.82) is 0 Å². The first-order chi connectivity index (χ1) is 9.60. The van der Waals surface area contributed by atoms with Gasteiger partial charge in [0.1, 0.15) is 5.82 Å². The molecule has 2 heterocycles. The second-order valence-corrected chi connectivity index (χ2v) is 4.92. The van der Waals surface area contributed by atoms with Gasteiger partial charge < -0.3 is 15.3 Å². The number of nitrogens with zero attached hydrogens (tertiary/aromatic N) is 2. The summed E-state index contributed by atoms with van der Waals surface area (Å²) in [6.07, 6.45) is 1.71. The Morgan fingerprint density at radius 2 is 2.15 bits per heavy atom. The van der Waals surface area contributed by atoms with Gasteiger partial charge in [-0.25, -0.2) is 4.98 Å². The first kappa shape index (κ1) is 12.6. The molecule has 0 saturated heterocycles. The first-order valence-electron chi connectivity index (χ1n) is 6.45. The Bertz CT molecular complexity index is 845. The van der Waals surface area contributed by atoms with Crippen LogP contribution >= 0.6 is 0 Å². The van der Waals surface area contributed by atoms with E-state index in [1.54, 1.807) is 12.3 Å². The zero-order chi connectivity index (χ0) is 14.3. The third-order valence-corrected chi connectivity index (χ3v) is 3.48. The minimum absolute atomic E-state index is 0.0290. The molecule has 1 aromatic carbocycles. The lowest BCUT2D eigenvalue weighted by molar-refractivity contribution is 0.954. The van der Waals surface area contributed by atoms with Gasteiger partial charge in [-0.15, -0.1) is 0 Å². The van der Waals surface area contributed by atoms with E-state index in [-0.39, 0.29) is 5.43 Å². The molecule has 0 aliphatic rings. The number of hydrogen-bond donors (Lipinski definition) is 2. The summed E-state index contributed by atoms with van der Waals surface area (Å²) in [5.74, 6) is 0.662. The highest BCUT2D eigenvalue weighted by atomic mass is 16.1. The van der Waals surface area contributed by atoms with E-state index >= 15 is 0 Å². The van der Waals surface area contributed by atoms with E-state index in [1.165, 1.54) is 0 Å². The quantitative estimate of drug-likeness (QED) is 0.742. The monoisotopic (exact) mass is 268 g/mol. The van der Waals surface area contributed by atoms with Gasteiger partial charge in [0.25, 0.3) is 0 Å². The number of H-pyrrole nitrogens is 1. The van der Waals surface area contributed by atoms with E-state index in [0.29, 0.717) is 17.9 Å². The highest BCUT2D eigenvalue weighted by Gasteiger charge is 2.13. The van der Waals surface area contributed by atoms with Crippen molar-refractivity contribution in [2.24, 2.45) is 12.8 Å². The number of aromatic nitrogens is 3. The third kappa shape index (κ3) is 1.92. The lowest BCUT2D eigenvalue weighted by Crippen LogP contribution is -2.08. The van der Waals surface area contributed by atoms with E-state index in [1.807, 2.05) is 36.7 Å². The minimum Gasteiger partial charge on any atom is -0.364 e. The van der Waals surface area contributed by atoms with E-state index in [2.05, 4.69) is 9.97 Å². The standard InChI is InChI=1S/C15H16N4O/c1-9-5-14(20)11(8-17-9)15-18-12-6-10(7-16)3-4-13(12)19(15)2/h3-6,8H,7,16H2,1-2H3,(H,17,20). The zero-order valence-electron chi connectivity index (χ0n) is 11.5. The topological polar surface area (TPSA) is 76.7 Å². The number of pyridine rings is 1. The molecule has 0 saturated carbocycles. The highest BCUT2D eigenvalue weighted by molar-refractivity contribution is 5.81. The van der Waals surface area contributed by atoms with Crippen LogP contribution in [0, 0.1) is 6.92 Å². The van der Waals surface area contributed by atoms with Crippen molar-refractivity contribution in [1.82, 2.24) is 14.5 Å². The van der Waals surface area contributed by atoms with Gasteiger partial charge in [-0.2, -0.15) is 0 Å².